The summed E-state index contributed by atoms with van der Waals surface area (Å²) in [5, 5.41) is 0. The molecule has 0 saturated heterocycles. The molecule has 0 amide bonds. The molecular formula is C10H8IO2. The highest BCUT2D eigenvalue weighted by Crippen LogP contribution is 2.18. The Balaban J connectivity index is 3.01. The van der Waals surface area contributed by atoms with Crippen molar-refractivity contribution in [3.05, 3.63) is 40.0 Å². The molecule has 2 nitrogen and oxygen atoms in total. The van der Waals surface area contributed by atoms with Crippen molar-refractivity contribution < 1.29 is 9.53 Å². The van der Waals surface area contributed by atoms with Gasteiger partial charge in [-0.2, -0.15) is 0 Å². The lowest BCUT2D eigenvalue weighted by Gasteiger charge is -2.02. The molecule has 0 aliphatic carbocycles. The van der Waals surface area contributed by atoms with Crippen molar-refractivity contribution in [2.75, 3.05) is 0 Å². The molecule has 0 spiro atoms. The van der Waals surface area contributed by atoms with Crippen LogP contribution >= 0.6 is 22.6 Å². The fraction of sp³-hybridized carbons (Fsp3) is 0.100. The number of hydrogen-bond donors (Lipinski definition) is 0. The third kappa shape index (κ3) is 3.18. The Morgan fingerprint density at radius 1 is 1.54 bits per heavy atom. The molecule has 67 valence electrons. The van der Waals surface area contributed by atoms with Gasteiger partial charge in [-0.25, -0.2) is 0 Å². The van der Waals surface area contributed by atoms with Gasteiger partial charge in [-0.05, 0) is 52.4 Å². The number of benzene rings is 1. The van der Waals surface area contributed by atoms with Gasteiger partial charge in [-0.3, -0.25) is 4.79 Å². The lowest BCUT2D eigenvalue weighted by atomic mass is 10.2. The van der Waals surface area contributed by atoms with Crippen LogP contribution in [0.3, 0.4) is 0 Å². The molecule has 0 atom stereocenters. The molecule has 0 aliphatic rings. The minimum absolute atomic E-state index is 0.322. The first-order valence-corrected chi connectivity index (χ1v) is 4.72. The topological polar surface area (TPSA) is 26.3 Å². The highest BCUT2D eigenvalue weighted by molar-refractivity contribution is 14.1. The molecule has 0 bridgehead atoms. The molecule has 0 N–H and O–H groups in total. The van der Waals surface area contributed by atoms with Crippen LogP contribution in [0.15, 0.2) is 24.8 Å². The molecule has 1 aromatic rings. The normalized spacial score (nSPS) is 9.38. The summed E-state index contributed by atoms with van der Waals surface area (Å²) in [7, 11) is 0. The maximum Gasteiger partial charge on any atom is 0.308 e. The summed E-state index contributed by atoms with van der Waals surface area (Å²) in [5.41, 5.74) is 0.822. The van der Waals surface area contributed by atoms with Gasteiger partial charge in [-0.1, -0.05) is 6.58 Å². The average molecular weight is 287 g/mol. The molecule has 13 heavy (non-hydrogen) atoms. The second kappa shape index (κ2) is 4.41. The van der Waals surface area contributed by atoms with Crippen LogP contribution in [0, 0.1) is 9.65 Å². The van der Waals surface area contributed by atoms with Gasteiger partial charge in [0.15, 0.2) is 0 Å². The van der Waals surface area contributed by atoms with E-state index in [4.69, 9.17) is 4.74 Å². The number of halogens is 1. The van der Waals surface area contributed by atoms with E-state index >= 15 is 0 Å². The summed E-state index contributed by atoms with van der Waals surface area (Å²) in [6.45, 7) is 4.90. The average Bonchev–Trinajstić information content (AvgIpc) is 2.01. The van der Waals surface area contributed by atoms with Crippen molar-refractivity contribution in [3.63, 3.8) is 0 Å². The third-order valence-corrected chi connectivity index (χ3v) is 1.96. The molecule has 1 rings (SSSR count). The highest BCUT2D eigenvalue weighted by Gasteiger charge is 2.00. The second-order valence-electron chi connectivity index (χ2n) is 2.45. The molecule has 0 aliphatic heterocycles. The van der Waals surface area contributed by atoms with Crippen molar-refractivity contribution in [1.29, 1.82) is 0 Å². The van der Waals surface area contributed by atoms with E-state index in [2.05, 4.69) is 35.2 Å². The first-order valence-electron chi connectivity index (χ1n) is 3.64. The first-order chi connectivity index (χ1) is 6.11. The lowest BCUT2D eigenvalue weighted by Crippen LogP contribution is -2.01. The van der Waals surface area contributed by atoms with Crippen LogP contribution in [0.4, 0.5) is 0 Å². The van der Waals surface area contributed by atoms with E-state index in [1.54, 1.807) is 12.1 Å². The standard InChI is InChI=1S/C10H8IO2/c1-3-8-4-9(11)6-10(5-8)13-7(2)12/h4-6H,1H2,2H3. The van der Waals surface area contributed by atoms with E-state index in [1.807, 2.05) is 6.07 Å². The summed E-state index contributed by atoms with van der Waals surface area (Å²) in [6, 6.07) is 5.40. The summed E-state index contributed by atoms with van der Waals surface area (Å²) >= 11 is 2.14. The number of carbonyl (C=O) groups excluding carboxylic acids is 1. The monoisotopic (exact) mass is 287 g/mol. The number of carbonyl (C=O) groups is 1. The number of esters is 1. The van der Waals surface area contributed by atoms with Crippen LogP contribution in [0.1, 0.15) is 12.5 Å². The lowest BCUT2D eigenvalue weighted by molar-refractivity contribution is -0.131. The Bertz CT molecular complexity index is 345. The van der Waals surface area contributed by atoms with Gasteiger partial charge < -0.3 is 4.74 Å². The SMILES string of the molecule is C=[C]c1cc(I)cc(OC(C)=O)c1. The van der Waals surface area contributed by atoms with Gasteiger partial charge >= 0.3 is 5.97 Å². The van der Waals surface area contributed by atoms with Crippen molar-refractivity contribution >= 4 is 28.6 Å². The molecule has 0 saturated carbocycles. The Hall–Kier alpha value is -0.840. The van der Waals surface area contributed by atoms with Crippen LogP contribution in [0.25, 0.3) is 0 Å². The first kappa shape index (κ1) is 10.2. The summed E-state index contributed by atoms with van der Waals surface area (Å²) in [5.74, 6) is 0.211. The molecule has 1 radical (unpaired) electrons. The van der Waals surface area contributed by atoms with E-state index in [0.29, 0.717) is 5.75 Å². The zero-order valence-corrected chi connectivity index (χ0v) is 9.29. The van der Waals surface area contributed by atoms with Gasteiger partial charge in [0, 0.05) is 10.5 Å². The predicted molar refractivity (Wildman–Crippen MR) is 58.4 cm³/mol. The number of ether oxygens (including phenoxy) is 1. The van der Waals surface area contributed by atoms with E-state index in [9.17, 15) is 4.79 Å². The Morgan fingerprint density at radius 2 is 2.23 bits per heavy atom. The number of hydrogen-bond acceptors (Lipinski definition) is 2. The molecule has 0 heterocycles. The zero-order valence-electron chi connectivity index (χ0n) is 7.13. The molecule has 0 unspecified atom stereocenters. The smallest absolute Gasteiger partial charge is 0.308 e. The van der Waals surface area contributed by atoms with Crippen LogP contribution < -0.4 is 4.74 Å². The van der Waals surface area contributed by atoms with Gasteiger partial charge in [0.05, 0.1) is 0 Å². The largest absolute Gasteiger partial charge is 0.427 e. The highest BCUT2D eigenvalue weighted by atomic mass is 127. The Morgan fingerprint density at radius 3 is 2.77 bits per heavy atom. The van der Waals surface area contributed by atoms with E-state index in [-0.39, 0.29) is 5.97 Å². The van der Waals surface area contributed by atoms with Crippen molar-refractivity contribution in [2.45, 2.75) is 6.92 Å². The fourth-order valence-corrected chi connectivity index (χ4v) is 1.53. The number of rotatable bonds is 2. The van der Waals surface area contributed by atoms with E-state index < -0.39 is 0 Å². The third-order valence-electron chi connectivity index (χ3n) is 1.34. The predicted octanol–water partition coefficient (Wildman–Crippen LogP) is 2.55. The molecule has 0 aromatic heterocycles. The van der Waals surface area contributed by atoms with Gasteiger partial charge in [0.2, 0.25) is 0 Å². The molecule has 3 heteroatoms. The molecule has 1 aromatic carbocycles. The van der Waals surface area contributed by atoms with Crippen molar-refractivity contribution in [3.8, 4) is 5.75 Å². The summed E-state index contributed by atoms with van der Waals surface area (Å²) in [6.07, 6.45) is 2.74. The van der Waals surface area contributed by atoms with Crippen molar-refractivity contribution in [1.82, 2.24) is 0 Å². The summed E-state index contributed by atoms with van der Waals surface area (Å²) in [4.78, 5) is 10.7. The van der Waals surface area contributed by atoms with Crippen LogP contribution in [-0.2, 0) is 4.79 Å². The molecule has 0 fully saturated rings. The maximum atomic E-state index is 10.7. The fourth-order valence-electron chi connectivity index (χ4n) is 0.890. The van der Waals surface area contributed by atoms with E-state index in [0.717, 1.165) is 9.13 Å². The van der Waals surface area contributed by atoms with Crippen LogP contribution in [-0.4, -0.2) is 5.97 Å². The van der Waals surface area contributed by atoms with Gasteiger partial charge in [0.1, 0.15) is 5.75 Å². The van der Waals surface area contributed by atoms with Crippen molar-refractivity contribution in [2.24, 2.45) is 0 Å². The minimum Gasteiger partial charge on any atom is -0.427 e. The molecular weight excluding hydrogens is 279 g/mol. The summed E-state index contributed by atoms with van der Waals surface area (Å²) < 4.78 is 5.91. The Kier molecular flexibility index (Phi) is 3.48. The zero-order chi connectivity index (χ0) is 9.84. The maximum absolute atomic E-state index is 10.7. The Labute approximate surface area is 90.7 Å². The van der Waals surface area contributed by atoms with Crippen LogP contribution in [0.2, 0.25) is 0 Å². The van der Waals surface area contributed by atoms with Crippen LogP contribution in [0.5, 0.6) is 5.75 Å². The second-order valence-corrected chi connectivity index (χ2v) is 3.69. The minimum atomic E-state index is -0.322. The van der Waals surface area contributed by atoms with Gasteiger partial charge in [-0.15, -0.1) is 0 Å². The van der Waals surface area contributed by atoms with Gasteiger partial charge in [0.25, 0.3) is 0 Å². The quantitative estimate of drug-likeness (QED) is 0.475. The van der Waals surface area contributed by atoms with E-state index in [1.165, 1.54) is 6.92 Å².